The second-order valence-corrected chi connectivity index (χ2v) is 6.30. The molecule has 0 saturated carbocycles. The van der Waals surface area contributed by atoms with Gasteiger partial charge in [0.1, 0.15) is 0 Å². The zero-order chi connectivity index (χ0) is 14.5. The van der Waals surface area contributed by atoms with E-state index >= 15 is 0 Å². The SMILES string of the molecule is CCCn1cc(C2C(CN)CCCCN2C(C)C)cn1. The van der Waals surface area contributed by atoms with Gasteiger partial charge >= 0.3 is 0 Å². The highest BCUT2D eigenvalue weighted by Gasteiger charge is 2.32. The number of aromatic nitrogens is 2. The molecule has 0 amide bonds. The van der Waals surface area contributed by atoms with E-state index in [-0.39, 0.29) is 0 Å². The molecule has 0 aliphatic carbocycles. The van der Waals surface area contributed by atoms with E-state index in [2.05, 4.69) is 47.8 Å². The fourth-order valence-electron chi connectivity index (χ4n) is 3.44. The number of nitrogens with zero attached hydrogens (tertiary/aromatic N) is 3. The average molecular weight is 278 g/mol. The topological polar surface area (TPSA) is 47.1 Å². The highest BCUT2D eigenvalue weighted by atomic mass is 15.3. The Hall–Kier alpha value is -0.870. The molecule has 20 heavy (non-hydrogen) atoms. The van der Waals surface area contributed by atoms with Gasteiger partial charge in [0, 0.05) is 30.4 Å². The van der Waals surface area contributed by atoms with E-state index < -0.39 is 0 Å². The average Bonchev–Trinajstić information content (AvgIpc) is 2.76. The van der Waals surface area contributed by atoms with Crippen LogP contribution in [0.15, 0.2) is 12.4 Å². The van der Waals surface area contributed by atoms with Crippen molar-refractivity contribution in [3.63, 3.8) is 0 Å². The lowest BCUT2D eigenvalue weighted by Crippen LogP contribution is -2.39. The van der Waals surface area contributed by atoms with Crippen molar-refractivity contribution in [1.82, 2.24) is 14.7 Å². The Morgan fingerprint density at radius 1 is 1.40 bits per heavy atom. The number of likely N-dealkylation sites (tertiary alicyclic amines) is 1. The molecule has 2 heterocycles. The summed E-state index contributed by atoms with van der Waals surface area (Å²) >= 11 is 0. The molecule has 0 spiro atoms. The Morgan fingerprint density at radius 3 is 2.85 bits per heavy atom. The van der Waals surface area contributed by atoms with E-state index in [1.165, 1.54) is 31.4 Å². The van der Waals surface area contributed by atoms with Crippen molar-refractivity contribution in [1.29, 1.82) is 0 Å². The lowest BCUT2D eigenvalue weighted by Gasteiger charge is -2.37. The zero-order valence-corrected chi connectivity index (χ0v) is 13.3. The van der Waals surface area contributed by atoms with Gasteiger partial charge in [0.15, 0.2) is 0 Å². The van der Waals surface area contributed by atoms with Crippen molar-refractivity contribution in [2.45, 2.75) is 65.1 Å². The normalized spacial score (nSPS) is 25.1. The molecule has 2 rings (SSSR count). The third-order valence-corrected chi connectivity index (χ3v) is 4.46. The molecule has 2 atom stereocenters. The first-order chi connectivity index (χ1) is 9.67. The largest absolute Gasteiger partial charge is 0.330 e. The molecule has 114 valence electrons. The summed E-state index contributed by atoms with van der Waals surface area (Å²) in [5, 5.41) is 4.52. The van der Waals surface area contributed by atoms with Gasteiger partial charge in [-0.05, 0) is 52.1 Å². The van der Waals surface area contributed by atoms with E-state index in [1.54, 1.807) is 0 Å². The minimum atomic E-state index is 0.438. The molecule has 0 radical (unpaired) electrons. The minimum Gasteiger partial charge on any atom is -0.330 e. The molecule has 4 heteroatoms. The Morgan fingerprint density at radius 2 is 2.20 bits per heavy atom. The highest BCUT2D eigenvalue weighted by molar-refractivity contribution is 5.13. The molecule has 0 bridgehead atoms. The molecule has 0 aromatic carbocycles. The number of nitrogens with two attached hydrogens (primary N) is 1. The zero-order valence-electron chi connectivity index (χ0n) is 13.3. The first kappa shape index (κ1) is 15.5. The fraction of sp³-hybridized carbons (Fsp3) is 0.812. The Bertz CT molecular complexity index is 399. The molecule has 1 aromatic heterocycles. The second kappa shape index (κ2) is 7.23. The maximum atomic E-state index is 6.07. The van der Waals surface area contributed by atoms with Gasteiger partial charge in [-0.25, -0.2) is 0 Å². The van der Waals surface area contributed by atoms with E-state index in [0.717, 1.165) is 19.5 Å². The number of rotatable bonds is 5. The van der Waals surface area contributed by atoms with Crippen molar-refractivity contribution >= 4 is 0 Å². The Kier molecular flexibility index (Phi) is 5.61. The van der Waals surface area contributed by atoms with Gasteiger partial charge < -0.3 is 5.73 Å². The minimum absolute atomic E-state index is 0.438. The summed E-state index contributed by atoms with van der Waals surface area (Å²) in [6.07, 6.45) is 9.24. The first-order valence-electron chi connectivity index (χ1n) is 8.15. The highest BCUT2D eigenvalue weighted by Crippen LogP contribution is 2.35. The van der Waals surface area contributed by atoms with Gasteiger partial charge in [0.25, 0.3) is 0 Å². The molecule has 2 N–H and O–H groups in total. The van der Waals surface area contributed by atoms with Crippen LogP contribution in [0.4, 0.5) is 0 Å². The van der Waals surface area contributed by atoms with Crippen molar-refractivity contribution < 1.29 is 0 Å². The van der Waals surface area contributed by atoms with Gasteiger partial charge in [0.05, 0.1) is 6.20 Å². The van der Waals surface area contributed by atoms with Crippen LogP contribution in [0.1, 0.15) is 58.1 Å². The molecule has 1 fully saturated rings. The summed E-state index contributed by atoms with van der Waals surface area (Å²) in [4.78, 5) is 2.62. The van der Waals surface area contributed by atoms with Crippen molar-refractivity contribution in [3.05, 3.63) is 18.0 Å². The van der Waals surface area contributed by atoms with Crippen molar-refractivity contribution in [2.75, 3.05) is 13.1 Å². The summed E-state index contributed by atoms with van der Waals surface area (Å²) in [6.45, 7) is 9.73. The summed E-state index contributed by atoms with van der Waals surface area (Å²) in [5.41, 5.74) is 7.43. The van der Waals surface area contributed by atoms with Crippen molar-refractivity contribution in [2.24, 2.45) is 11.7 Å². The van der Waals surface area contributed by atoms with Crippen LogP contribution in [0.5, 0.6) is 0 Å². The molecule has 1 saturated heterocycles. The smallest absolute Gasteiger partial charge is 0.0537 e. The molecular formula is C16H30N4. The number of aryl methyl sites for hydroxylation is 1. The number of hydrogen-bond donors (Lipinski definition) is 1. The third kappa shape index (κ3) is 3.41. The second-order valence-electron chi connectivity index (χ2n) is 6.30. The fourth-order valence-corrected chi connectivity index (χ4v) is 3.44. The molecular weight excluding hydrogens is 248 g/mol. The quantitative estimate of drug-likeness (QED) is 0.901. The predicted molar refractivity (Wildman–Crippen MR) is 83.5 cm³/mol. The monoisotopic (exact) mass is 278 g/mol. The maximum absolute atomic E-state index is 6.07. The van der Waals surface area contributed by atoms with E-state index in [0.29, 0.717) is 18.0 Å². The van der Waals surface area contributed by atoms with Crippen LogP contribution in [0.3, 0.4) is 0 Å². The van der Waals surface area contributed by atoms with Crippen LogP contribution < -0.4 is 5.73 Å². The van der Waals surface area contributed by atoms with Crippen LogP contribution in [-0.4, -0.2) is 33.8 Å². The maximum Gasteiger partial charge on any atom is 0.0537 e. The summed E-state index contributed by atoms with van der Waals surface area (Å²) < 4.78 is 2.08. The molecule has 1 aliphatic heterocycles. The summed E-state index contributed by atoms with van der Waals surface area (Å²) in [5.74, 6) is 0.555. The van der Waals surface area contributed by atoms with Gasteiger partial charge in [-0.1, -0.05) is 13.3 Å². The van der Waals surface area contributed by atoms with Crippen LogP contribution in [0, 0.1) is 5.92 Å². The van der Waals surface area contributed by atoms with E-state index in [9.17, 15) is 0 Å². The first-order valence-corrected chi connectivity index (χ1v) is 8.15. The molecule has 4 nitrogen and oxygen atoms in total. The van der Waals surface area contributed by atoms with Crippen molar-refractivity contribution in [3.8, 4) is 0 Å². The lowest BCUT2D eigenvalue weighted by molar-refractivity contribution is 0.121. The van der Waals surface area contributed by atoms with Crippen LogP contribution >= 0.6 is 0 Å². The van der Waals surface area contributed by atoms with Gasteiger partial charge in [0.2, 0.25) is 0 Å². The third-order valence-electron chi connectivity index (χ3n) is 4.46. The van der Waals surface area contributed by atoms with Crippen LogP contribution in [0.25, 0.3) is 0 Å². The van der Waals surface area contributed by atoms with Gasteiger partial charge in [-0.2, -0.15) is 5.10 Å². The lowest BCUT2D eigenvalue weighted by atomic mass is 9.90. The van der Waals surface area contributed by atoms with E-state index in [4.69, 9.17) is 5.73 Å². The standard InChI is InChI=1S/C16H30N4/c1-4-8-19-12-15(11-18-19)16-14(10-17)7-5-6-9-20(16)13(2)3/h11-14,16H,4-10,17H2,1-3H3. The molecule has 2 unspecified atom stereocenters. The molecule has 1 aromatic rings. The summed E-state index contributed by atoms with van der Waals surface area (Å²) in [7, 11) is 0. The predicted octanol–water partition coefficient (Wildman–Crippen LogP) is 2.80. The van der Waals surface area contributed by atoms with Gasteiger partial charge in [-0.15, -0.1) is 0 Å². The van der Waals surface area contributed by atoms with Gasteiger partial charge in [-0.3, -0.25) is 9.58 Å². The van der Waals surface area contributed by atoms with E-state index in [1.807, 2.05) is 0 Å². The van der Waals surface area contributed by atoms with Crippen LogP contribution in [0.2, 0.25) is 0 Å². The summed E-state index contributed by atoms with van der Waals surface area (Å²) in [6, 6.07) is 0.995. The molecule has 1 aliphatic rings. The Balaban J connectivity index is 2.27. The van der Waals surface area contributed by atoms with Crippen LogP contribution in [-0.2, 0) is 6.54 Å². The number of hydrogen-bond acceptors (Lipinski definition) is 3. The Labute approximate surface area is 123 Å².